The first kappa shape index (κ1) is 16.5. The van der Waals surface area contributed by atoms with E-state index in [1.807, 2.05) is 30.3 Å². The summed E-state index contributed by atoms with van der Waals surface area (Å²) >= 11 is 0. The van der Waals surface area contributed by atoms with Crippen molar-refractivity contribution < 1.29 is 18.3 Å². The van der Waals surface area contributed by atoms with Gasteiger partial charge in [-0.2, -0.15) is 4.31 Å². The second-order valence-electron chi connectivity index (χ2n) is 4.84. The molecule has 2 rings (SSSR count). The SMILES string of the molecule is COc1ccc(S(=O)(=O)N(Cc2ccccc2)C(C)O)cc1. The van der Waals surface area contributed by atoms with Crippen LogP contribution < -0.4 is 4.74 Å². The van der Waals surface area contributed by atoms with Gasteiger partial charge in [0.15, 0.2) is 0 Å². The van der Waals surface area contributed by atoms with Gasteiger partial charge in [0.05, 0.1) is 12.0 Å². The molecule has 6 heteroatoms. The first-order valence-electron chi connectivity index (χ1n) is 6.83. The van der Waals surface area contributed by atoms with Gasteiger partial charge in [-0.1, -0.05) is 30.3 Å². The zero-order chi connectivity index (χ0) is 16.2. The summed E-state index contributed by atoms with van der Waals surface area (Å²) in [4.78, 5) is 0.116. The van der Waals surface area contributed by atoms with Crippen LogP contribution in [0.15, 0.2) is 59.5 Å². The molecule has 0 saturated carbocycles. The van der Waals surface area contributed by atoms with Crippen LogP contribution in [0.4, 0.5) is 0 Å². The van der Waals surface area contributed by atoms with Crippen LogP contribution in [0.1, 0.15) is 12.5 Å². The maximum absolute atomic E-state index is 12.7. The zero-order valence-corrected chi connectivity index (χ0v) is 13.3. The van der Waals surface area contributed by atoms with Crippen LogP contribution >= 0.6 is 0 Å². The summed E-state index contributed by atoms with van der Waals surface area (Å²) in [5, 5.41) is 9.89. The number of hydrogen-bond donors (Lipinski definition) is 1. The molecule has 0 spiro atoms. The Hall–Kier alpha value is -1.89. The Balaban J connectivity index is 2.33. The van der Waals surface area contributed by atoms with E-state index in [0.717, 1.165) is 9.87 Å². The van der Waals surface area contributed by atoms with Crippen molar-refractivity contribution >= 4 is 10.0 Å². The van der Waals surface area contributed by atoms with Gasteiger partial charge in [-0.05, 0) is 36.8 Å². The van der Waals surface area contributed by atoms with Gasteiger partial charge < -0.3 is 9.84 Å². The minimum atomic E-state index is -3.80. The molecule has 0 heterocycles. The second-order valence-corrected chi connectivity index (χ2v) is 6.73. The number of sulfonamides is 1. The fraction of sp³-hybridized carbons (Fsp3) is 0.250. The van der Waals surface area contributed by atoms with E-state index in [4.69, 9.17) is 4.74 Å². The molecular formula is C16H19NO4S. The number of rotatable bonds is 6. The number of benzene rings is 2. The molecule has 0 aliphatic rings. The number of hydrogen-bond acceptors (Lipinski definition) is 4. The molecule has 2 aromatic carbocycles. The first-order chi connectivity index (χ1) is 10.4. The molecule has 0 bridgehead atoms. The van der Waals surface area contributed by atoms with E-state index in [0.29, 0.717) is 5.75 Å². The summed E-state index contributed by atoms with van der Waals surface area (Å²) in [6.45, 7) is 1.54. The van der Waals surface area contributed by atoms with Gasteiger partial charge in [0.2, 0.25) is 10.0 Å². The van der Waals surface area contributed by atoms with E-state index in [-0.39, 0.29) is 11.4 Å². The van der Waals surface area contributed by atoms with Crippen molar-refractivity contribution in [3.63, 3.8) is 0 Å². The summed E-state index contributed by atoms with van der Waals surface area (Å²) in [5.74, 6) is 0.575. The number of aliphatic hydroxyl groups excluding tert-OH is 1. The predicted molar refractivity (Wildman–Crippen MR) is 83.8 cm³/mol. The lowest BCUT2D eigenvalue weighted by Gasteiger charge is -2.25. The third-order valence-corrected chi connectivity index (χ3v) is 5.18. The van der Waals surface area contributed by atoms with Crippen LogP contribution in [0.25, 0.3) is 0 Å². The third kappa shape index (κ3) is 3.65. The lowest BCUT2D eigenvalue weighted by molar-refractivity contribution is 0.0757. The van der Waals surface area contributed by atoms with Gasteiger partial charge in [0.25, 0.3) is 0 Å². The van der Waals surface area contributed by atoms with Crippen LogP contribution in [-0.2, 0) is 16.6 Å². The van der Waals surface area contributed by atoms with Crippen molar-refractivity contribution in [3.05, 3.63) is 60.2 Å². The molecule has 0 saturated heterocycles. The molecule has 2 aromatic rings. The summed E-state index contributed by atoms with van der Waals surface area (Å²) < 4.78 is 31.5. The van der Waals surface area contributed by atoms with Crippen molar-refractivity contribution in [3.8, 4) is 5.75 Å². The molecule has 118 valence electrons. The Morgan fingerprint density at radius 1 is 1.09 bits per heavy atom. The van der Waals surface area contributed by atoms with E-state index >= 15 is 0 Å². The van der Waals surface area contributed by atoms with E-state index in [1.165, 1.54) is 26.2 Å². The highest BCUT2D eigenvalue weighted by atomic mass is 32.2. The van der Waals surface area contributed by atoms with Crippen LogP contribution in [0.5, 0.6) is 5.75 Å². The van der Waals surface area contributed by atoms with Gasteiger partial charge in [-0.25, -0.2) is 8.42 Å². The summed E-state index contributed by atoms with van der Waals surface area (Å²) in [5.41, 5.74) is 0.806. The van der Waals surface area contributed by atoms with Crippen molar-refractivity contribution in [1.29, 1.82) is 0 Å². The fourth-order valence-corrected chi connectivity index (χ4v) is 3.54. The maximum Gasteiger partial charge on any atom is 0.245 e. The molecular weight excluding hydrogens is 302 g/mol. The van der Waals surface area contributed by atoms with Crippen LogP contribution in [-0.4, -0.2) is 31.2 Å². The van der Waals surface area contributed by atoms with E-state index in [2.05, 4.69) is 0 Å². The average molecular weight is 321 g/mol. The smallest absolute Gasteiger partial charge is 0.245 e. The number of aliphatic hydroxyl groups is 1. The van der Waals surface area contributed by atoms with Crippen molar-refractivity contribution in [2.45, 2.75) is 24.6 Å². The quantitative estimate of drug-likeness (QED) is 0.829. The van der Waals surface area contributed by atoms with Crippen molar-refractivity contribution in [2.75, 3.05) is 7.11 Å². The Bertz CT molecular complexity index is 697. The Labute approximate surface area is 130 Å². The van der Waals surface area contributed by atoms with Crippen molar-refractivity contribution in [1.82, 2.24) is 4.31 Å². The molecule has 1 unspecified atom stereocenters. The maximum atomic E-state index is 12.7. The molecule has 5 nitrogen and oxygen atoms in total. The Morgan fingerprint density at radius 2 is 1.68 bits per heavy atom. The minimum Gasteiger partial charge on any atom is -0.497 e. The van der Waals surface area contributed by atoms with Gasteiger partial charge in [0.1, 0.15) is 12.0 Å². The Kier molecular flexibility index (Phi) is 5.18. The standard InChI is InChI=1S/C16H19NO4S/c1-13(18)17(12-14-6-4-3-5-7-14)22(19,20)16-10-8-15(21-2)9-11-16/h3-11,13,18H,12H2,1-2H3. The van der Waals surface area contributed by atoms with E-state index < -0.39 is 16.3 Å². The molecule has 0 fully saturated rings. The van der Waals surface area contributed by atoms with E-state index in [9.17, 15) is 13.5 Å². The molecule has 1 atom stereocenters. The summed E-state index contributed by atoms with van der Waals surface area (Å²) in [7, 11) is -2.28. The first-order valence-corrected chi connectivity index (χ1v) is 8.27. The predicted octanol–water partition coefficient (Wildman–Crippen LogP) is 2.22. The zero-order valence-electron chi connectivity index (χ0n) is 12.5. The van der Waals surface area contributed by atoms with Crippen LogP contribution in [0.2, 0.25) is 0 Å². The molecule has 0 aliphatic heterocycles. The topological polar surface area (TPSA) is 66.8 Å². The van der Waals surface area contributed by atoms with Gasteiger partial charge in [-0.3, -0.25) is 0 Å². The number of methoxy groups -OCH3 is 1. The summed E-state index contributed by atoms with van der Waals surface area (Å²) in [6.07, 6.45) is -1.13. The third-order valence-electron chi connectivity index (χ3n) is 3.26. The van der Waals surface area contributed by atoms with Gasteiger partial charge >= 0.3 is 0 Å². The lowest BCUT2D eigenvalue weighted by atomic mass is 10.2. The molecule has 1 N–H and O–H groups in total. The monoisotopic (exact) mass is 321 g/mol. The van der Waals surface area contributed by atoms with Gasteiger partial charge in [-0.15, -0.1) is 0 Å². The largest absolute Gasteiger partial charge is 0.497 e. The normalized spacial score (nSPS) is 13.1. The second kappa shape index (κ2) is 6.91. The van der Waals surface area contributed by atoms with E-state index in [1.54, 1.807) is 12.1 Å². The lowest BCUT2D eigenvalue weighted by Crippen LogP contribution is -2.37. The number of nitrogens with zero attached hydrogens (tertiary/aromatic N) is 1. The average Bonchev–Trinajstić information content (AvgIpc) is 2.53. The van der Waals surface area contributed by atoms with Crippen LogP contribution in [0.3, 0.4) is 0 Å². The minimum absolute atomic E-state index is 0.104. The van der Waals surface area contributed by atoms with Gasteiger partial charge in [0, 0.05) is 6.54 Å². The molecule has 0 radical (unpaired) electrons. The molecule has 0 aromatic heterocycles. The highest BCUT2D eigenvalue weighted by molar-refractivity contribution is 7.89. The Morgan fingerprint density at radius 3 is 2.18 bits per heavy atom. The fourth-order valence-electron chi connectivity index (χ4n) is 2.06. The molecule has 0 aliphatic carbocycles. The van der Waals surface area contributed by atoms with Crippen molar-refractivity contribution in [2.24, 2.45) is 0 Å². The highest BCUT2D eigenvalue weighted by Gasteiger charge is 2.28. The highest BCUT2D eigenvalue weighted by Crippen LogP contribution is 2.22. The van der Waals surface area contributed by atoms with Crippen LogP contribution in [0, 0.1) is 0 Å². The summed E-state index contributed by atoms with van der Waals surface area (Å²) in [6, 6.07) is 15.2. The molecule has 22 heavy (non-hydrogen) atoms. The number of ether oxygens (including phenoxy) is 1. The molecule has 0 amide bonds.